The second kappa shape index (κ2) is 14.6. The van der Waals surface area contributed by atoms with E-state index in [2.05, 4.69) is 10.5 Å². The zero-order valence-electron chi connectivity index (χ0n) is 22.6. The number of methoxy groups -OCH3 is 3. The third-order valence-corrected chi connectivity index (χ3v) is 7.00. The molecule has 0 saturated carbocycles. The summed E-state index contributed by atoms with van der Waals surface area (Å²) in [5, 5.41) is 6.75. The largest absolute Gasteiger partial charge is 0.496 e. The molecule has 0 unspecified atom stereocenters. The maximum atomic E-state index is 13.1. The van der Waals surface area contributed by atoms with Crippen LogP contribution in [0, 0.1) is 5.92 Å². The molecule has 3 rings (SSSR count). The van der Waals surface area contributed by atoms with Crippen molar-refractivity contribution in [2.45, 2.75) is 31.1 Å². The summed E-state index contributed by atoms with van der Waals surface area (Å²) >= 11 is 1.72. The quantitative estimate of drug-likeness (QED) is 0.244. The molecule has 10 heteroatoms. The average Bonchev–Trinajstić information content (AvgIpc) is 2.95. The molecular weight excluding hydrogens is 508 g/mol. The van der Waals surface area contributed by atoms with Crippen molar-refractivity contribution in [3.8, 4) is 22.6 Å². The van der Waals surface area contributed by atoms with Gasteiger partial charge in [-0.15, -0.1) is 0 Å². The molecule has 1 aliphatic heterocycles. The lowest BCUT2D eigenvalue weighted by atomic mass is 9.93. The second-order valence-electron chi connectivity index (χ2n) is 8.80. The van der Waals surface area contributed by atoms with Crippen molar-refractivity contribution < 1.29 is 33.4 Å². The van der Waals surface area contributed by atoms with Crippen LogP contribution in [0.3, 0.4) is 0 Å². The van der Waals surface area contributed by atoms with Crippen molar-refractivity contribution in [3.05, 3.63) is 47.5 Å². The Bertz CT molecular complexity index is 1090. The number of carbonyl (C=O) groups is 2. The van der Waals surface area contributed by atoms with Gasteiger partial charge in [0.15, 0.2) is 0 Å². The number of rotatable bonds is 12. The predicted octanol–water partition coefficient (Wildman–Crippen LogP) is 3.86. The van der Waals surface area contributed by atoms with E-state index in [1.807, 2.05) is 42.7 Å². The summed E-state index contributed by atoms with van der Waals surface area (Å²) in [5.41, 5.74) is 3.97. The molecule has 0 aliphatic carbocycles. The van der Waals surface area contributed by atoms with Crippen molar-refractivity contribution >= 4 is 29.4 Å². The summed E-state index contributed by atoms with van der Waals surface area (Å²) in [6.07, 6.45) is 3.61. The minimum Gasteiger partial charge on any atom is -0.496 e. The Morgan fingerprint density at radius 1 is 1.03 bits per heavy atom. The van der Waals surface area contributed by atoms with E-state index in [-0.39, 0.29) is 18.1 Å². The molecule has 1 amide bonds. The van der Waals surface area contributed by atoms with Crippen LogP contribution in [-0.4, -0.2) is 71.5 Å². The summed E-state index contributed by atoms with van der Waals surface area (Å²) < 4.78 is 21.7. The second-order valence-corrected chi connectivity index (χ2v) is 9.67. The molecule has 1 fully saturated rings. The minimum atomic E-state index is -0.893. The third kappa shape index (κ3) is 7.41. The highest BCUT2D eigenvalue weighted by Gasteiger charge is 2.30. The highest BCUT2D eigenvalue weighted by Crippen LogP contribution is 2.40. The fraction of sp³-hybridized carbons (Fsp3) is 0.464. The molecule has 2 aromatic rings. The first-order chi connectivity index (χ1) is 18.4. The van der Waals surface area contributed by atoms with Crippen LogP contribution >= 0.6 is 11.8 Å². The number of hydrogen-bond donors (Lipinski definition) is 1. The van der Waals surface area contributed by atoms with Gasteiger partial charge in [0.05, 0.1) is 26.9 Å². The zero-order chi connectivity index (χ0) is 27.5. The summed E-state index contributed by atoms with van der Waals surface area (Å²) in [7, 11) is 5.97. The van der Waals surface area contributed by atoms with Gasteiger partial charge in [-0.2, -0.15) is 11.8 Å². The molecule has 0 radical (unpaired) electrons. The fourth-order valence-corrected chi connectivity index (χ4v) is 4.98. The van der Waals surface area contributed by atoms with Crippen LogP contribution in [0.15, 0.2) is 41.6 Å². The smallest absolute Gasteiger partial charge is 0.328 e. The molecule has 1 saturated heterocycles. The van der Waals surface area contributed by atoms with Gasteiger partial charge in [0.25, 0.3) is 5.91 Å². The van der Waals surface area contributed by atoms with Gasteiger partial charge in [-0.3, -0.25) is 4.79 Å². The van der Waals surface area contributed by atoms with E-state index in [0.29, 0.717) is 26.1 Å². The summed E-state index contributed by atoms with van der Waals surface area (Å²) in [6.45, 7) is 1.09. The van der Waals surface area contributed by atoms with Crippen LogP contribution in [0.2, 0.25) is 0 Å². The summed E-state index contributed by atoms with van der Waals surface area (Å²) in [4.78, 5) is 30.6. The van der Waals surface area contributed by atoms with E-state index >= 15 is 0 Å². The molecule has 0 aromatic heterocycles. The first-order valence-corrected chi connectivity index (χ1v) is 13.8. The molecule has 1 atom stereocenters. The Morgan fingerprint density at radius 3 is 2.18 bits per heavy atom. The summed E-state index contributed by atoms with van der Waals surface area (Å²) in [5.74, 6) is 1.19. The van der Waals surface area contributed by atoms with Crippen LogP contribution in [0.1, 0.15) is 24.0 Å². The van der Waals surface area contributed by atoms with E-state index < -0.39 is 17.9 Å². The highest BCUT2D eigenvalue weighted by molar-refractivity contribution is 7.97. The molecule has 2 aromatic carbocycles. The molecule has 1 aliphatic rings. The highest BCUT2D eigenvalue weighted by atomic mass is 32.2. The molecular formula is C28H36N2O7S. The van der Waals surface area contributed by atoms with E-state index in [1.165, 1.54) is 14.2 Å². The Balaban J connectivity index is 1.81. The zero-order valence-corrected chi connectivity index (χ0v) is 23.4. The van der Waals surface area contributed by atoms with Gasteiger partial charge in [-0.1, -0.05) is 29.4 Å². The maximum Gasteiger partial charge on any atom is 0.328 e. The van der Waals surface area contributed by atoms with Crippen LogP contribution < -0.4 is 14.8 Å². The monoisotopic (exact) mass is 544 g/mol. The lowest BCUT2D eigenvalue weighted by molar-refractivity contribution is -0.144. The molecule has 1 heterocycles. The molecule has 206 valence electrons. The average molecular weight is 545 g/mol. The Morgan fingerprint density at radius 2 is 1.66 bits per heavy atom. The van der Waals surface area contributed by atoms with Crippen molar-refractivity contribution in [2.75, 3.05) is 47.9 Å². The first-order valence-electron chi connectivity index (χ1n) is 12.4. The van der Waals surface area contributed by atoms with Gasteiger partial charge in [0, 0.05) is 31.3 Å². The molecule has 0 bridgehead atoms. The van der Waals surface area contributed by atoms with E-state index in [4.69, 9.17) is 23.8 Å². The van der Waals surface area contributed by atoms with Gasteiger partial charge in [0.2, 0.25) is 0 Å². The van der Waals surface area contributed by atoms with Crippen molar-refractivity contribution in [1.82, 2.24) is 5.32 Å². The van der Waals surface area contributed by atoms with Gasteiger partial charge in [0.1, 0.15) is 30.4 Å². The number of hydrogen-bond acceptors (Lipinski definition) is 9. The number of ether oxygens (including phenoxy) is 4. The van der Waals surface area contributed by atoms with Gasteiger partial charge in [-0.25, -0.2) is 4.79 Å². The molecule has 0 spiro atoms. The molecule has 1 N–H and O–H groups in total. The van der Waals surface area contributed by atoms with E-state index in [1.54, 1.807) is 26.0 Å². The van der Waals surface area contributed by atoms with Crippen LogP contribution in [0.5, 0.6) is 11.5 Å². The SMILES string of the molecule is CON=C(C(=O)N[C@@H](Cc1ccc(-c2c(OC)cc(CSC)cc2OC)cc1)C(=O)OC)C1CCOCC1. The number of nitrogens with zero attached hydrogens (tertiary/aromatic N) is 1. The van der Waals surface area contributed by atoms with Gasteiger partial charge < -0.3 is 29.1 Å². The van der Waals surface area contributed by atoms with Gasteiger partial charge >= 0.3 is 5.97 Å². The lowest BCUT2D eigenvalue weighted by Crippen LogP contribution is -2.47. The van der Waals surface area contributed by atoms with E-state index in [0.717, 1.165) is 39.5 Å². The van der Waals surface area contributed by atoms with Crippen molar-refractivity contribution in [3.63, 3.8) is 0 Å². The first kappa shape index (κ1) is 29.3. The number of benzene rings is 2. The number of nitrogens with one attached hydrogen (secondary N) is 1. The summed E-state index contributed by atoms with van der Waals surface area (Å²) in [6, 6.07) is 10.9. The van der Waals surface area contributed by atoms with Gasteiger partial charge in [-0.05, 0) is 47.9 Å². The Labute approximate surface area is 228 Å². The van der Waals surface area contributed by atoms with Crippen LogP contribution in [0.25, 0.3) is 11.1 Å². The Kier molecular flexibility index (Phi) is 11.3. The predicted molar refractivity (Wildman–Crippen MR) is 148 cm³/mol. The third-order valence-electron chi connectivity index (χ3n) is 6.38. The molecule has 38 heavy (non-hydrogen) atoms. The Hall–Kier alpha value is -3.24. The number of oxime groups is 1. The lowest BCUT2D eigenvalue weighted by Gasteiger charge is -2.24. The normalized spacial score (nSPS) is 14.9. The number of esters is 1. The number of carbonyl (C=O) groups excluding carboxylic acids is 2. The number of amides is 1. The van der Waals surface area contributed by atoms with E-state index in [9.17, 15) is 9.59 Å². The van der Waals surface area contributed by atoms with Crippen molar-refractivity contribution in [1.29, 1.82) is 0 Å². The van der Waals surface area contributed by atoms with Crippen LogP contribution in [0.4, 0.5) is 0 Å². The van der Waals surface area contributed by atoms with Crippen LogP contribution in [-0.2, 0) is 36.1 Å². The van der Waals surface area contributed by atoms with Crippen molar-refractivity contribution in [2.24, 2.45) is 11.1 Å². The standard InChI is InChI=1S/C28H36N2O7S/c1-33-23-15-19(17-38-5)16-24(34-2)25(23)20-8-6-18(7-9-20)14-22(28(32)35-3)29-27(31)26(30-36-4)21-10-12-37-13-11-21/h6-9,15-16,21-22H,10-14,17H2,1-5H3,(H,29,31)/t22-/m0/s1. The fourth-order valence-electron chi connectivity index (χ4n) is 4.48. The topological polar surface area (TPSA) is 105 Å². The minimum absolute atomic E-state index is 0.103. The maximum absolute atomic E-state index is 13.1. The molecule has 9 nitrogen and oxygen atoms in total. The number of thioether (sulfide) groups is 1.